The third-order valence-electron chi connectivity index (χ3n) is 5.84. The van der Waals surface area contributed by atoms with E-state index in [4.69, 9.17) is 12.2 Å². The van der Waals surface area contributed by atoms with E-state index in [1.165, 1.54) is 22.3 Å². The van der Waals surface area contributed by atoms with Crippen molar-refractivity contribution in [1.29, 1.82) is 0 Å². The SMILES string of the molecule is Cc1ccc(C2CC3(NNC(=S)N3)C(C)C(c3ccc(C)cc3)N2)cc1. The van der Waals surface area contributed by atoms with E-state index in [1.807, 2.05) is 0 Å². The van der Waals surface area contributed by atoms with Crippen molar-refractivity contribution in [3.8, 4) is 0 Å². The fraction of sp³-hybridized carbons (Fsp3) is 0.381. The average Bonchev–Trinajstić information content (AvgIpc) is 3.00. The summed E-state index contributed by atoms with van der Waals surface area (Å²) in [6, 6.07) is 18.1. The summed E-state index contributed by atoms with van der Waals surface area (Å²) in [6.45, 7) is 6.53. The van der Waals surface area contributed by atoms with E-state index in [2.05, 4.69) is 90.8 Å². The molecule has 2 aromatic carbocycles. The molecule has 2 aromatic rings. The van der Waals surface area contributed by atoms with Gasteiger partial charge in [-0.25, -0.2) is 5.43 Å². The summed E-state index contributed by atoms with van der Waals surface area (Å²) in [5, 5.41) is 8.07. The maximum Gasteiger partial charge on any atom is 0.182 e. The molecule has 0 aliphatic carbocycles. The minimum atomic E-state index is -0.270. The summed E-state index contributed by atoms with van der Waals surface area (Å²) in [5.74, 6) is 0.305. The van der Waals surface area contributed by atoms with Crippen LogP contribution in [-0.4, -0.2) is 10.8 Å². The van der Waals surface area contributed by atoms with Crippen LogP contribution >= 0.6 is 12.2 Å². The van der Waals surface area contributed by atoms with Crippen LogP contribution in [0.1, 0.15) is 47.7 Å². The zero-order valence-corrected chi connectivity index (χ0v) is 16.3. The largest absolute Gasteiger partial charge is 0.342 e. The van der Waals surface area contributed by atoms with Gasteiger partial charge in [-0.3, -0.25) is 5.43 Å². The lowest BCUT2D eigenvalue weighted by Crippen LogP contribution is -2.63. The molecule has 1 spiro atoms. The molecule has 0 aromatic heterocycles. The minimum Gasteiger partial charge on any atom is -0.342 e. The van der Waals surface area contributed by atoms with E-state index < -0.39 is 0 Å². The normalized spacial score (nSPS) is 30.9. The summed E-state index contributed by atoms with van der Waals surface area (Å²) in [4.78, 5) is 0. The second-order valence-electron chi connectivity index (χ2n) is 7.69. The van der Waals surface area contributed by atoms with E-state index in [0.717, 1.165) is 6.42 Å². The number of rotatable bonds is 2. The number of nitrogens with one attached hydrogen (secondary N) is 4. The summed E-state index contributed by atoms with van der Waals surface area (Å²) in [5.41, 5.74) is 11.5. The van der Waals surface area contributed by atoms with E-state index in [0.29, 0.717) is 11.0 Å². The molecule has 4 atom stereocenters. The summed E-state index contributed by atoms with van der Waals surface area (Å²) >= 11 is 5.37. The van der Waals surface area contributed by atoms with Crippen molar-refractivity contribution < 1.29 is 0 Å². The Bertz CT molecular complexity index is 802. The van der Waals surface area contributed by atoms with Gasteiger partial charge in [0.15, 0.2) is 5.11 Å². The van der Waals surface area contributed by atoms with Gasteiger partial charge in [0.25, 0.3) is 0 Å². The molecule has 5 heteroatoms. The Morgan fingerprint density at radius 2 is 1.50 bits per heavy atom. The first-order valence-corrected chi connectivity index (χ1v) is 9.62. The van der Waals surface area contributed by atoms with Gasteiger partial charge in [-0.05, 0) is 37.2 Å². The second-order valence-corrected chi connectivity index (χ2v) is 8.09. The van der Waals surface area contributed by atoms with Crippen LogP contribution in [0.2, 0.25) is 0 Å². The van der Waals surface area contributed by atoms with Crippen molar-refractivity contribution in [3.05, 3.63) is 70.8 Å². The van der Waals surface area contributed by atoms with Crippen molar-refractivity contribution in [2.24, 2.45) is 5.92 Å². The van der Waals surface area contributed by atoms with Crippen molar-refractivity contribution in [3.63, 3.8) is 0 Å². The van der Waals surface area contributed by atoms with Crippen LogP contribution in [0.4, 0.5) is 0 Å². The molecule has 2 aliphatic rings. The van der Waals surface area contributed by atoms with Gasteiger partial charge in [0.2, 0.25) is 0 Å². The van der Waals surface area contributed by atoms with E-state index in [1.54, 1.807) is 0 Å². The number of hydrogen-bond donors (Lipinski definition) is 4. The number of hydrogen-bond acceptors (Lipinski definition) is 3. The molecule has 4 nitrogen and oxygen atoms in total. The number of thiocarbonyl (C=S) groups is 1. The number of hydrazine groups is 1. The average molecular weight is 367 g/mol. The van der Waals surface area contributed by atoms with Gasteiger partial charge in [0.1, 0.15) is 5.66 Å². The smallest absolute Gasteiger partial charge is 0.182 e. The number of aryl methyl sites for hydroxylation is 2. The summed E-state index contributed by atoms with van der Waals surface area (Å²) < 4.78 is 0. The van der Waals surface area contributed by atoms with Gasteiger partial charge in [-0.1, -0.05) is 66.6 Å². The molecule has 0 saturated carbocycles. The molecule has 4 rings (SSSR count). The van der Waals surface area contributed by atoms with E-state index >= 15 is 0 Å². The van der Waals surface area contributed by atoms with Gasteiger partial charge < -0.3 is 10.6 Å². The Labute approximate surface area is 160 Å². The molecule has 0 amide bonds. The molecule has 4 N–H and O–H groups in total. The third-order valence-corrected chi connectivity index (χ3v) is 6.04. The Hall–Kier alpha value is -1.95. The summed E-state index contributed by atoms with van der Waals surface area (Å²) in [6.07, 6.45) is 0.909. The van der Waals surface area contributed by atoms with E-state index in [9.17, 15) is 0 Å². The first kappa shape index (κ1) is 17.5. The van der Waals surface area contributed by atoms with Crippen molar-refractivity contribution in [1.82, 2.24) is 21.5 Å². The van der Waals surface area contributed by atoms with Crippen molar-refractivity contribution in [2.45, 2.75) is 44.9 Å². The predicted octanol–water partition coefficient (Wildman–Crippen LogP) is 3.39. The molecule has 0 bridgehead atoms. The molecular formula is C21H26N4S. The van der Waals surface area contributed by atoms with Gasteiger partial charge >= 0.3 is 0 Å². The molecule has 2 fully saturated rings. The first-order chi connectivity index (χ1) is 12.5. The number of benzene rings is 2. The van der Waals surface area contributed by atoms with Gasteiger partial charge in [-0.2, -0.15) is 0 Å². The molecule has 136 valence electrons. The quantitative estimate of drug-likeness (QED) is 0.614. The maximum absolute atomic E-state index is 5.37. The van der Waals surface area contributed by atoms with Crippen LogP contribution in [0.15, 0.2) is 48.5 Å². The zero-order chi connectivity index (χ0) is 18.3. The standard InChI is InChI=1S/C21H26N4S/c1-13-4-8-16(9-5-13)18-12-21(23-20(26)24-25-21)15(3)19(22-18)17-10-6-14(2)7-11-17/h4-11,15,18-19,22,25H,12H2,1-3H3,(H2,23,24,26). The number of piperidine rings is 1. The topological polar surface area (TPSA) is 48.1 Å². The molecule has 2 aliphatic heterocycles. The molecule has 4 unspecified atom stereocenters. The van der Waals surface area contributed by atoms with Crippen molar-refractivity contribution in [2.75, 3.05) is 0 Å². The Morgan fingerprint density at radius 3 is 2.04 bits per heavy atom. The molecule has 2 saturated heterocycles. The Balaban J connectivity index is 1.71. The molecule has 0 radical (unpaired) electrons. The highest BCUT2D eigenvalue weighted by Crippen LogP contribution is 2.42. The summed E-state index contributed by atoms with van der Waals surface area (Å²) in [7, 11) is 0. The van der Waals surface area contributed by atoms with Gasteiger partial charge in [0.05, 0.1) is 0 Å². The predicted molar refractivity (Wildman–Crippen MR) is 109 cm³/mol. The maximum atomic E-state index is 5.37. The zero-order valence-electron chi connectivity index (χ0n) is 15.5. The lowest BCUT2D eigenvalue weighted by atomic mass is 9.75. The van der Waals surface area contributed by atoms with E-state index in [-0.39, 0.29) is 17.7 Å². The lowest BCUT2D eigenvalue weighted by Gasteiger charge is -2.48. The molecular weight excluding hydrogens is 340 g/mol. The fourth-order valence-electron chi connectivity index (χ4n) is 4.15. The van der Waals surface area contributed by atoms with Crippen LogP contribution in [0.25, 0.3) is 0 Å². The van der Waals surface area contributed by atoms with Crippen LogP contribution < -0.4 is 21.5 Å². The van der Waals surface area contributed by atoms with Crippen molar-refractivity contribution >= 4 is 17.3 Å². The highest BCUT2D eigenvalue weighted by atomic mass is 32.1. The minimum absolute atomic E-state index is 0.221. The Kier molecular flexibility index (Phi) is 4.47. The molecule has 26 heavy (non-hydrogen) atoms. The highest BCUT2D eigenvalue weighted by Gasteiger charge is 2.50. The third kappa shape index (κ3) is 3.11. The van der Waals surface area contributed by atoms with Crippen LogP contribution in [-0.2, 0) is 0 Å². The van der Waals surface area contributed by atoms with Crippen LogP contribution in [0.5, 0.6) is 0 Å². The molecule has 2 heterocycles. The lowest BCUT2D eigenvalue weighted by molar-refractivity contribution is 0.0893. The van der Waals surface area contributed by atoms with Gasteiger partial charge in [-0.15, -0.1) is 0 Å². The van der Waals surface area contributed by atoms with Gasteiger partial charge in [0, 0.05) is 24.4 Å². The first-order valence-electron chi connectivity index (χ1n) is 9.21. The highest BCUT2D eigenvalue weighted by molar-refractivity contribution is 7.80. The van der Waals surface area contributed by atoms with Crippen LogP contribution in [0.3, 0.4) is 0 Å². The fourth-order valence-corrected chi connectivity index (χ4v) is 4.38. The Morgan fingerprint density at radius 1 is 0.923 bits per heavy atom. The second kappa shape index (κ2) is 6.65. The van der Waals surface area contributed by atoms with Crippen LogP contribution in [0, 0.1) is 19.8 Å². The monoisotopic (exact) mass is 366 g/mol.